The Labute approximate surface area is 181 Å². The number of fused-ring (bicyclic) bond motifs is 1. The molecule has 7 heteroatoms. The molecule has 1 saturated heterocycles. The largest absolute Gasteiger partial charge is 0.494 e. The highest BCUT2D eigenvalue weighted by Gasteiger charge is 2.19. The van der Waals surface area contributed by atoms with Crippen LogP contribution in [0.25, 0.3) is 16.9 Å². The van der Waals surface area contributed by atoms with Gasteiger partial charge in [-0.1, -0.05) is 6.07 Å². The van der Waals surface area contributed by atoms with E-state index in [9.17, 15) is 0 Å². The number of nitrogens with zero attached hydrogens (tertiary/aromatic N) is 6. The van der Waals surface area contributed by atoms with E-state index in [2.05, 4.69) is 36.7 Å². The normalized spacial score (nSPS) is 14.8. The lowest BCUT2D eigenvalue weighted by molar-refractivity contribution is 0.247. The highest BCUT2D eigenvalue weighted by molar-refractivity contribution is 5.60. The smallest absolute Gasteiger partial charge is 0.151 e. The first-order valence-electron chi connectivity index (χ1n) is 10.8. The SMILES string of the molecule is CCOc1ccc(-c2ccc(N3CCN(Cc4cn5ccccc5n4)CC3)nn2)cc1. The molecule has 1 aliphatic heterocycles. The van der Waals surface area contributed by atoms with Crippen molar-refractivity contribution >= 4 is 11.5 Å². The molecule has 3 aromatic heterocycles. The van der Waals surface area contributed by atoms with Crippen molar-refractivity contribution in [3.8, 4) is 17.0 Å². The van der Waals surface area contributed by atoms with Crippen molar-refractivity contribution in [3.05, 3.63) is 72.7 Å². The lowest BCUT2D eigenvalue weighted by Gasteiger charge is -2.34. The fraction of sp³-hybridized carbons (Fsp3) is 0.292. The summed E-state index contributed by atoms with van der Waals surface area (Å²) in [6.45, 7) is 7.36. The Hall–Kier alpha value is -3.45. The highest BCUT2D eigenvalue weighted by Crippen LogP contribution is 2.22. The first kappa shape index (κ1) is 19.5. The topological polar surface area (TPSA) is 58.8 Å². The van der Waals surface area contributed by atoms with Crippen molar-refractivity contribution in [1.29, 1.82) is 0 Å². The Morgan fingerprint density at radius 1 is 0.903 bits per heavy atom. The molecule has 0 spiro atoms. The summed E-state index contributed by atoms with van der Waals surface area (Å²) in [7, 11) is 0. The Bertz CT molecular complexity index is 1100. The van der Waals surface area contributed by atoms with Gasteiger partial charge in [-0.15, -0.1) is 10.2 Å². The van der Waals surface area contributed by atoms with Crippen LogP contribution in [0.4, 0.5) is 5.82 Å². The van der Waals surface area contributed by atoms with Gasteiger partial charge in [-0.2, -0.15) is 0 Å². The maximum atomic E-state index is 5.50. The van der Waals surface area contributed by atoms with Crippen LogP contribution in [0.3, 0.4) is 0 Å². The average Bonchev–Trinajstić information content (AvgIpc) is 3.23. The molecular weight excluding hydrogens is 388 g/mol. The molecule has 31 heavy (non-hydrogen) atoms. The van der Waals surface area contributed by atoms with E-state index in [4.69, 9.17) is 9.72 Å². The molecule has 0 bridgehead atoms. The van der Waals surface area contributed by atoms with Gasteiger partial charge in [-0.05, 0) is 55.5 Å². The molecule has 1 fully saturated rings. The quantitative estimate of drug-likeness (QED) is 0.481. The summed E-state index contributed by atoms with van der Waals surface area (Å²) < 4.78 is 7.58. The second-order valence-electron chi connectivity index (χ2n) is 7.70. The highest BCUT2D eigenvalue weighted by atomic mass is 16.5. The monoisotopic (exact) mass is 414 g/mol. The van der Waals surface area contributed by atoms with Crippen LogP contribution in [-0.2, 0) is 6.54 Å². The van der Waals surface area contributed by atoms with Gasteiger partial charge in [0.25, 0.3) is 0 Å². The average molecular weight is 415 g/mol. The second kappa shape index (κ2) is 8.73. The molecule has 158 valence electrons. The van der Waals surface area contributed by atoms with Gasteiger partial charge in [0, 0.05) is 50.7 Å². The molecule has 0 saturated carbocycles. The Kier molecular flexibility index (Phi) is 5.50. The van der Waals surface area contributed by atoms with Crippen molar-refractivity contribution in [3.63, 3.8) is 0 Å². The van der Waals surface area contributed by atoms with Gasteiger partial charge in [0.15, 0.2) is 5.82 Å². The van der Waals surface area contributed by atoms with Crippen molar-refractivity contribution in [2.45, 2.75) is 13.5 Å². The number of rotatable bonds is 6. The third-order valence-electron chi connectivity index (χ3n) is 5.61. The summed E-state index contributed by atoms with van der Waals surface area (Å²) in [5.74, 6) is 1.81. The number of benzene rings is 1. The third kappa shape index (κ3) is 4.36. The minimum absolute atomic E-state index is 0.667. The maximum Gasteiger partial charge on any atom is 0.151 e. The fourth-order valence-corrected chi connectivity index (χ4v) is 3.96. The molecule has 0 amide bonds. The van der Waals surface area contributed by atoms with Gasteiger partial charge in [0.05, 0.1) is 18.0 Å². The number of pyridine rings is 1. The molecule has 1 aromatic carbocycles. The van der Waals surface area contributed by atoms with E-state index < -0.39 is 0 Å². The van der Waals surface area contributed by atoms with E-state index in [1.165, 1.54) is 0 Å². The standard InChI is InChI=1S/C24H26N6O/c1-2-31-21-8-6-19(7-9-21)22-10-11-24(27-26-22)29-15-13-28(14-16-29)17-20-18-30-12-4-3-5-23(30)25-20/h3-12,18H,2,13-17H2,1H3. The van der Waals surface area contributed by atoms with Crippen LogP contribution >= 0.6 is 0 Å². The van der Waals surface area contributed by atoms with Crippen molar-refractivity contribution < 1.29 is 4.74 Å². The van der Waals surface area contributed by atoms with Gasteiger partial charge in [0.1, 0.15) is 11.4 Å². The van der Waals surface area contributed by atoms with Crippen LogP contribution in [0.15, 0.2) is 67.0 Å². The molecule has 5 rings (SSSR count). The molecule has 0 aliphatic carbocycles. The number of aromatic nitrogens is 4. The van der Waals surface area contributed by atoms with Crippen molar-refractivity contribution in [2.75, 3.05) is 37.7 Å². The first-order chi connectivity index (χ1) is 15.3. The summed E-state index contributed by atoms with van der Waals surface area (Å²) in [5, 5.41) is 8.94. The predicted octanol–water partition coefficient (Wildman–Crippen LogP) is 3.51. The number of piperazine rings is 1. The molecule has 0 unspecified atom stereocenters. The van der Waals surface area contributed by atoms with Gasteiger partial charge in [0.2, 0.25) is 0 Å². The number of hydrogen-bond donors (Lipinski definition) is 0. The maximum absolute atomic E-state index is 5.50. The molecule has 0 N–H and O–H groups in total. The zero-order valence-electron chi connectivity index (χ0n) is 17.7. The van der Waals surface area contributed by atoms with Gasteiger partial charge < -0.3 is 14.0 Å². The van der Waals surface area contributed by atoms with Crippen LogP contribution in [0.2, 0.25) is 0 Å². The van der Waals surface area contributed by atoms with Gasteiger partial charge in [-0.25, -0.2) is 4.98 Å². The van der Waals surface area contributed by atoms with E-state index in [-0.39, 0.29) is 0 Å². The van der Waals surface area contributed by atoms with Gasteiger partial charge >= 0.3 is 0 Å². The van der Waals surface area contributed by atoms with Gasteiger partial charge in [-0.3, -0.25) is 4.90 Å². The lowest BCUT2D eigenvalue weighted by atomic mass is 10.1. The Morgan fingerprint density at radius 2 is 1.74 bits per heavy atom. The van der Waals surface area contributed by atoms with Crippen LogP contribution < -0.4 is 9.64 Å². The first-order valence-corrected chi connectivity index (χ1v) is 10.8. The van der Waals surface area contributed by atoms with E-state index in [0.29, 0.717) is 6.61 Å². The Morgan fingerprint density at radius 3 is 2.45 bits per heavy atom. The molecule has 7 nitrogen and oxygen atoms in total. The predicted molar refractivity (Wildman–Crippen MR) is 121 cm³/mol. The zero-order chi connectivity index (χ0) is 21.0. The lowest BCUT2D eigenvalue weighted by Crippen LogP contribution is -2.46. The van der Waals surface area contributed by atoms with E-state index in [1.54, 1.807) is 0 Å². The zero-order valence-corrected chi connectivity index (χ0v) is 17.7. The molecule has 0 atom stereocenters. The van der Waals surface area contributed by atoms with Crippen molar-refractivity contribution in [2.24, 2.45) is 0 Å². The molecule has 1 aliphatic rings. The van der Waals surface area contributed by atoms with Crippen LogP contribution in [0, 0.1) is 0 Å². The number of anilines is 1. The second-order valence-corrected chi connectivity index (χ2v) is 7.70. The van der Waals surface area contributed by atoms with Crippen LogP contribution in [0.1, 0.15) is 12.6 Å². The molecule has 0 radical (unpaired) electrons. The third-order valence-corrected chi connectivity index (χ3v) is 5.61. The van der Waals surface area contributed by atoms with E-state index >= 15 is 0 Å². The molecule has 4 aromatic rings. The molecule has 4 heterocycles. The minimum atomic E-state index is 0.667. The number of hydrogen-bond acceptors (Lipinski definition) is 6. The van der Waals surface area contributed by atoms with E-state index in [0.717, 1.165) is 66.9 Å². The fourth-order valence-electron chi connectivity index (χ4n) is 3.96. The molecular formula is C24H26N6O. The number of ether oxygens (including phenoxy) is 1. The summed E-state index contributed by atoms with van der Waals surface area (Å²) in [6.07, 6.45) is 4.16. The summed E-state index contributed by atoms with van der Waals surface area (Å²) in [4.78, 5) is 9.46. The minimum Gasteiger partial charge on any atom is -0.494 e. The summed E-state index contributed by atoms with van der Waals surface area (Å²) in [6, 6.07) is 18.2. The number of imidazole rings is 1. The summed E-state index contributed by atoms with van der Waals surface area (Å²) in [5.41, 5.74) is 4.02. The van der Waals surface area contributed by atoms with Crippen LogP contribution in [0.5, 0.6) is 5.75 Å². The Balaban J connectivity index is 1.18. The van der Waals surface area contributed by atoms with Crippen molar-refractivity contribution in [1.82, 2.24) is 24.5 Å². The van der Waals surface area contributed by atoms with E-state index in [1.807, 2.05) is 61.7 Å². The summed E-state index contributed by atoms with van der Waals surface area (Å²) >= 11 is 0. The van der Waals surface area contributed by atoms with Crippen LogP contribution in [-0.4, -0.2) is 57.3 Å².